The molecule has 0 bridgehead atoms. The SMILES string of the molecule is BC(B)(B)c1cnc(CNC(B)(B)C2(F)CCN(C(=O)c3ccc(F)c(Cl)c3)C(B)(B)C2(B)B)nc1. The van der Waals surface area contributed by atoms with Crippen LogP contribution in [0.1, 0.15) is 28.2 Å². The molecule has 1 amide bonds. The number of nitrogens with one attached hydrogen (secondary N) is 1. The molecule has 36 heavy (non-hydrogen) atoms. The number of carbonyl (C=O) groups is 1. The summed E-state index contributed by atoms with van der Waals surface area (Å²) in [6.07, 6.45) is 3.77. The number of hydrogen-bond donors (Lipinski definition) is 1. The molecule has 1 aliphatic rings. The van der Waals surface area contributed by atoms with E-state index in [1.165, 1.54) is 18.2 Å². The number of rotatable bonds is 6. The van der Waals surface area contributed by atoms with Gasteiger partial charge in [-0.2, -0.15) is 0 Å². The maximum absolute atomic E-state index is 17.2. The van der Waals surface area contributed by atoms with Crippen LogP contribution in [0.5, 0.6) is 0 Å². The van der Waals surface area contributed by atoms with E-state index in [0.29, 0.717) is 12.4 Å². The molecule has 1 saturated heterocycles. The first-order valence-corrected chi connectivity index (χ1v) is 12.8. The lowest BCUT2D eigenvalue weighted by Crippen LogP contribution is -2.78. The van der Waals surface area contributed by atoms with Gasteiger partial charge in [0, 0.05) is 24.5 Å². The van der Waals surface area contributed by atoms with E-state index in [1.807, 2.05) is 59.5 Å². The summed E-state index contributed by atoms with van der Waals surface area (Å²) >= 11 is 5.92. The third-order valence-corrected chi connectivity index (χ3v) is 8.83. The second-order valence-electron chi connectivity index (χ2n) is 12.4. The Kier molecular flexibility index (Phi) is 7.78. The van der Waals surface area contributed by atoms with E-state index >= 15 is 4.39 Å². The molecule has 3 rings (SSSR count). The lowest BCUT2D eigenvalue weighted by atomic mass is 9.23. The third kappa shape index (κ3) is 4.96. The van der Waals surface area contributed by atoms with Gasteiger partial charge in [0.25, 0.3) is 5.91 Å². The second kappa shape index (κ2) is 9.65. The Bertz CT molecular complexity index is 1150. The van der Waals surface area contributed by atoms with Crippen molar-refractivity contribution in [2.45, 2.75) is 39.6 Å². The Morgan fingerprint density at radius 2 is 1.69 bits per heavy atom. The zero-order valence-corrected chi connectivity index (χ0v) is 23.6. The number of likely N-dealkylation sites (tertiary alicyclic amines) is 1. The number of nitrogens with zero attached hydrogens (tertiary/aromatic N) is 3. The largest absolute Gasteiger partial charge is 0.349 e. The molecule has 2 heterocycles. The van der Waals surface area contributed by atoms with Gasteiger partial charge in [0.2, 0.25) is 0 Å². The number of benzene rings is 1. The van der Waals surface area contributed by atoms with E-state index in [-0.39, 0.29) is 34.6 Å². The third-order valence-electron chi connectivity index (χ3n) is 8.54. The van der Waals surface area contributed by atoms with Gasteiger partial charge in [-0.05, 0) is 46.1 Å². The highest BCUT2D eigenvalue weighted by Gasteiger charge is 2.64. The number of carbonyl (C=O) groups excluding carboxylic acids is 1. The van der Waals surface area contributed by atoms with E-state index < -0.39 is 27.4 Å². The quantitative estimate of drug-likeness (QED) is 0.401. The zero-order chi connectivity index (χ0) is 27.3. The molecule has 1 fully saturated rings. The molecule has 1 aromatic carbocycles. The van der Waals surface area contributed by atoms with Gasteiger partial charge in [-0.25, -0.2) is 18.7 Å². The van der Waals surface area contributed by atoms with Crippen LogP contribution >= 0.6 is 11.6 Å². The van der Waals surface area contributed by atoms with Crippen LogP contribution < -0.4 is 5.32 Å². The predicted molar refractivity (Wildman–Crippen MR) is 167 cm³/mol. The van der Waals surface area contributed by atoms with Crippen LogP contribution in [0.4, 0.5) is 8.78 Å². The highest BCUT2D eigenvalue weighted by atomic mass is 35.5. The molecule has 1 aliphatic heterocycles. The molecule has 17 heteroatoms. The van der Waals surface area contributed by atoms with Crippen LogP contribution in [-0.2, 0) is 11.7 Å². The average Bonchev–Trinajstić information content (AvgIpc) is 2.77. The smallest absolute Gasteiger partial charge is 0.253 e. The minimum Gasteiger partial charge on any atom is -0.349 e. The van der Waals surface area contributed by atoms with Crippen LogP contribution in [0, 0.1) is 5.82 Å². The Labute approximate surface area is 226 Å². The first-order valence-electron chi connectivity index (χ1n) is 12.4. The Balaban J connectivity index is 1.84. The Morgan fingerprint density at radius 3 is 2.22 bits per heavy atom. The van der Waals surface area contributed by atoms with Gasteiger partial charge in [0.1, 0.15) is 64.4 Å². The van der Waals surface area contributed by atoms with Crippen molar-refractivity contribution in [3.05, 3.63) is 58.4 Å². The molecule has 1 unspecified atom stereocenters. The fourth-order valence-corrected chi connectivity index (χ4v) is 5.37. The molecule has 2 aromatic rings. The van der Waals surface area contributed by atoms with Crippen molar-refractivity contribution < 1.29 is 13.6 Å². The molecule has 0 radical (unpaired) electrons. The van der Waals surface area contributed by atoms with Gasteiger partial charge in [-0.3, -0.25) is 4.79 Å². The van der Waals surface area contributed by atoms with Gasteiger partial charge in [0.15, 0.2) is 0 Å². The van der Waals surface area contributed by atoms with Crippen molar-refractivity contribution >= 4 is 88.1 Å². The van der Waals surface area contributed by atoms with Crippen LogP contribution in [0.15, 0.2) is 30.6 Å². The maximum atomic E-state index is 17.2. The summed E-state index contributed by atoms with van der Waals surface area (Å²) in [6.45, 7) is 0.527. The van der Waals surface area contributed by atoms with E-state index in [4.69, 9.17) is 11.6 Å². The Hall–Kier alpha value is -1.54. The van der Waals surface area contributed by atoms with E-state index in [9.17, 15) is 9.18 Å². The Morgan fingerprint density at radius 1 is 1.11 bits per heavy atom. The molecule has 0 spiro atoms. The number of piperidine rings is 1. The first kappa shape index (κ1) is 29.0. The van der Waals surface area contributed by atoms with Gasteiger partial charge in [-0.1, -0.05) is 16.7 Å². The lowest BCUT2D eigenvalue weighted by molar-refractivity contribution is -0.00220. The highest BCUT2D eigenvalue weighted by Crippen LogP contribution is 2.54. The molecule has 1 aromatic heterocycles. The zero-order valence-electron chi connectivity index (χ0n) is 22.9. The van der Waals surface area contributed by atoms with Gasteiger partial charge < -0.3 is 10.2 Å². The van der Waals surface area contributed by atoms with Gasteiger partial charge in [0.05, 0.1) is 35.1 Å². The number of aromatic nitrogens is 2. The minimum atomic E-state index is -1.67. The molecule has 1 atom stereocenters. The molecule has 180 valence electrons. The molecule has 0 saturated carbocycles. The average molecular weight is 501 g/mol. The van der Waals surface area contributed by atoms with E-state index in [0.717, 1.165) is 5.56 Å². The van der Waals surface area contributed by atoms with Gasteiger partial charge in [-0.15, -0.1) is 0 Å². The van der Waals surface area contributed by atoms with Crippen LogP contribution in [0.3, 0.4) is 0 Å². The number of hydrogen-bond acceptors (Lipinski definition) is 4. The molecular formula is C19H30B9ClF2N4O. The van der Waals surface area contributed by atoms with Crippen LogP contribution in [0.25, 0.3) is 0 Å². The van der Waals surface area contributed by atoms with Crippen molar-refractivity contribution in [1.82, 2.24) is 20.2 Å². The number of amides is 1. The highest BCUT2D eigenvalue weighted by molar-refractivity contribution is 6.59. The summed E-state index contributed by atoms with van der Waals surface area (Å²) in [4.78, 5) is 24.1. The summed E-state index contributed by atoms with van der Waals surface area (Å²) in [6, 6.07) is 3.93. The monoisotopic (exact) mass is 502 g/mol. The minimum absolute atomic E-state index is 0.0471. The predicted octanol–water partition coefficient (Wildman–Crippen LogP) is -6.15. The first-order chi connectivity index (χ1) is 16.3. The van der Waals surface area contributed by atoms with Crippen molar-refractivity contribution in [2.75, 3.05) is 6.54 Å². The molecular weight excluding hydrogens is 471 g/mol. The summed E-state index contributed by atoms with van der Waals surface area (Å²) in [5, 5.41) is 0.441. The van der Waals surface area contributed by atoms with Crippen molar-refractivity contribution in [2.24, 2.45) is 0 Å². The van der Waals surface area contributed by atoms with Crippen molar-refractivity contribution in [1.29, 1.82) is 0 Å². The van der Waals surface area contributed by atoms with E-state index in [2.05, 4.69) is 38.8 Å². The topological polar surface area (TPSA) is 58.1 Å². The summed E-state index contributed by atoms with van der Waals surface area (Å²) in [5.41, 5.74) is -0.355. The molecule has 5 nitrogen and oxygen atoms in total. The maximum Gasteiger partial charge on any atom is 0.253 e. The van der Waals surface area contributed by atoms with E-state index in [1.54, 1.807) is 4.90 Å². The standard InChI is InChI=1S/C19H30B9ClF2N4O/c20-16(21,22)10-6-32-13(33-7-10)8-34-18(25,26)15(31)3-4-35(19(27,28)17(15,23)24)14(36)9-1-2-12(30)11(29)5-9/h1-2,5-7,34H,3-4,8,20-28H2. The van der Waals surface area contributed by atoms with Crippen molar-refractivity contribution in [3.63, 3.8) is 0 Å². The summed E-state index contributed by atoms with van der Waals surface area (Å²) < 4.78 is 30.8. The van der Waals surface area contributed by atoms with Crippen molar-refractivity contribution in [3.8, 4) is 0 Å². The molecule has 1 N–H and O–H groups in total. The van der Waals surface area contributed by atoms with Gasteiger partial charge >= 0.3 is 0 Å². The number of halogens is 3. The summed E-state index contributed by atoms with van der Waals surface area (Å²) in [5.74, 6) is -0.285. The number of alkyl halides is 1. The fourth-order valence-electron chi connectivity index (χ4n) is 5.19. The van der Waals surface area contributed by atoms with Crippen LogP contribution in [0.2, 0.25) is 10.2 Å². The summed E-state index contributed by atoms with van der Waals surface area (Å²) in [7, 11) is 17.5. The fraction of sp³-hybridized carbons (Fsp3) is 0.421. The normalized spacial score (nSPS) is 21.7. The molecule has 0 aliphatic carbocycles. The second-order valence-corrected chi connectivity index (χ2v) is 12.8. The lowest BCUT2D eigenvalue weighted by Gasteiger charge is -2.65. The van der Waals surface area contributed by atoms with Crippen LogP contribution in [-0.4, -0.2) is 114 Å².